The van der Waals surface area contributed by atoms with Crippen LogP contribution in [0.2, 0.25) is 0 Å². The molecule has 1 aliphatic heterocycles. The standard InChI is InChI=1S/C17H23FN2/c1-3-20-13-10-17(11-14-20)19(2)12-4-5-15-6-8-16(18)9-7-15/h6-9,17H,3,10-14H2,1-2H3. The fraction of sp³-hybridized carbons (Fsp3) is 0.529. The van der Waals surface area contributed by atoms with Gasteiger partial charge in [-0.1, -0.05) is 18.8 Å². The second kappa shape index (κ2) is 7.42. The molecule has 0 aromatic heterocycles. The average Bonchev–Trinajstić information content (AvgIpc) is 2.49. The lowest BCUT2D eigenvalue weighted by atomic mass is 10.0. The highest BCUT2D eigenvalue weighted by atomic mass is 19.1. The Morgan fingerprint density at radius 1 is 1.25 bits per heavy atom. The molecule has 0 atom stereocenters. The predicted octanol–water partition coefficient (Wildman–Crippen LogP) is 2.59. The molecule has 0 saturated carbocycles. The third-order valence-corrected chi connectivity index (χ3v) is 4.03. The lowest BCUT2D eigenvalue weighted by molar-refractivity contribution is 0.141. The van der Waals surface area contributed by atoms with Crippen molar-refractivity contribution in [3.05, 3.63) is 35.6 Å². The van der Waals surface area contributed by atoms with Crippen LogP contribution in [0.3, 0.4) is 0 Å². The van der Waals surface area contributed by atoms with Gasteiger partial charge in [-0.05, 0) is 63.8 Å². The van der Waals surface area contributed by atoms with Crippen LogP contribution in [0.25, 0.3) is 0 Å². The van der Waals surface area contributed by atoms with Gasteiger partial charge in [-0.15, -0.1) is 0 Å². The summed E-state index contributed by atoms with van der Waals surface area (Å²) < 4.78 is 12.8. The van der Waals surface area contributed by atoms with E-state index in [2.05, 4.69) is 35.6 Å². The summed E-state index contributed by atoms with van der Waals surface area (Å²) in [7, 11) is 2.14. The normalized spacial score (nSPS) is 17.0. The molecule has 0 spiro atoms. The fourth-order valence-corrected chi connectivity index (χ4v) is 2.60. The van der Waals surface area contributed by atoms with Gasteiger partial charge in [0.15, 0.2) is 0 Å². The summed E-state index contributed by atoms with van der Waals surface area (Å²) >= 11 is 0. The van der Waals surface area contributed by atoms with Gasteiger partial charge in [-0.25, -0.2) is 4.39 Å². The van der Waals surface area contributed by atoms with Crippen LogP contribution >= 0.6 is 0 Å². The zero-order valence-corrected chi connectivity index (χ0v) is 12.4. The molecule has 0 aliphatic carbocycles. The summed E-state index contributed by atoms with van der Waals surface area (Å²) in [4.78, 5) is 4.83. The maximum atomic E-state index is 12.8. The molecule has 0 amide bonds. The molecule has 1 heterocycles. The Hall–Kier alpha value is -1.37. The molecule has 1 aliphatic rings. The lowest BCUT2D eigenvalue weighted by Gasteiger charge is -2.35. The van der Waals surface area contributed by atoms with Crippen LogP contribution in [-0.4, -0.2) is 49.1 Å². The van der Waals surface area contributed by atoms with Crippen molar-refractivity contribution < 1.29 is 4.39 Å². The Balaban J connectivity index is 1.81. The SMILES string of the molecule is CCN1CCC(N(C)CC#Cc2ccc(F)cc2)CC1. The van der Waals surface area contributed by atoms with Gasteiger partial charge in [-0.3, -0.25) is 4.90 Å². The minimum Gasteiger partial charge on any atom is -0.303 e. The number of nitrogens with zero attached hydrogens (tertiary/aromatic N) is 2. The average molecular weight is 274 g/mol. The molecule has 0 unspecified atom stereocenters. The summed E-state index contributed by atoms with van der Waals surface area (Å²) in [6.45, 7) is 6.53. The highest BCUT2D eigenvalue weighted by Crippen LogP contribution is 2.14. The minimum absolute atomic E-state index is 0.213. The van der Waals surface area contributed by atoms with Crippen LogP contribution in [0.15, 0.2) is 24.3 Å². The summed E-state index contributed by atoms with van der Waals surface area (Å²) in [5, 5.41) is 0. The monoisotopic (exact) mass is 274 g/mol. The first-order valence-electron chi connectivity index (χ1n) is 7.36. The van der Waals surface area contributed by atoms with Gasteiger partial charge in [-0.2, -0.15) is 0 Å². The first-order valence-corrected chi connectivity index (χ1v) is 7.36. The molecule has 3 heteroatoms. The smallest absolute Gasteiger partial charge is 0.123 e. The Morgan fingerprint density at radius 2 is 1.90 bits per heavy atom. The Bertz CT molecular complexity index is 464. The van der Waals surface area contributed by atoms with E-state index in [1.807, 2.05) is 0 Å². The van der Waals surface area contributed by atoms with E-state index < -0.39 is 0 Å². The zero-order valence-electron chi connectivity index (χ0n) is 12.4. The predicted molar refractivity (Wildman–Crippen MR) is 81.0 cm³/mol. The quantitative estimate of drug-likeness (QED) is 0.782. The molecule has 0 radical (unpaired) electrons. The number of halogens is 1. The third-order valence-electron chi connectivity index (χ3n) is 4.03. The largest absolute Gasteiger partial charge is 0.303 e. The van der Waals surface area contributed by atoms with Crippen molar-refractivity contribution in [2.24, 2.45) is 0 Å². The highest BCUT2D eigenvalue weighted by Gasteiger charge is 2.20. The van der Waals surface area contributed by atoms with E-state index in [0.29, 0.717) is 6.04 Å². The van der Waals surface area contributed by atoms with E-state index >= 15 is 0 Å². The molecule has 0 N–H and O–H groups in total. The van der Waals surface area contributed by atoms with Crippen molar-refractivity contribution in [2.45, 2.75) is 25.8 Å². The molecular formula is C17H23FN2. The maximum absolute atomic E-state index is 12.8. The topological polar surface area (TPSA) is 6.48 Å². The van der Waals surface area contributed by atoms with Crippen molar-refractivity contribution in [3.8, 4) is 11.8 Å². The third kappa shape index (κ3) is 4.33. The van der Waals surface area contributed by atoms with Gasteiger partial charge >= 0.3 is 0 Å². The number of benzene rings is 1. The maximum Gasteiger partial charge on any atom is 0.123 e. The van der Waals surface area contributed by atoms with Gasteiger partial charge in [0.2, 0.25) is 0 Å². The van der Waals surface area contributed by atoms with Crippen LogP contribution in [0.1, 0.15) is 25.3 Å². The first-order chi connectivity index (χ1) is 9.69. The number of piperidine rings is 1. The van der Waals surface area contributed by atoms with Crippen LogP contribution < -0.4 is 0 Å². The van der Waals surface area contributed by atoms with Crippen LogP contribution in [-0.2, 0) is 0 Å². The molecule has 20 heavy (non-hydrogen) atoms. The van der Waals surface area contributed by atoms with Crippen molar-refractivity contribution in [1.29, 1.82) is 0 Å². The molecule has 0 bridgehead atoms. The minimum atomic E-state index is -0.213. The second-order valence-electron chi connectivity index (χ2n) is 5.39. The van der Waals surface area contributed by atoms with E-state index in [0.717, 1.165) is 18.7 Å². The summed E-state index contributed by atoms with van der Waals surface area (Å²) in [5.41, 5.74) is 0.876. The van der Waals surface area contributed by atoms with Crippen LogP contribution in [0.5, 0.6) is 0 Å². The van der Waals surface area contributed by atoms with E-state index in [9.17, 15) is 4.39 Å². The molecule has 1 saturated heterocycles. The molecule has 108 valence electrons. The van der Waals surface area contributed by atoms with Crippen molar-refractivity contribution in [3.63, 3.8) is 0 Å². The zero-order chi connectivity index (χ0) is 14.4. The van der Waals surface area contributed by atoms with Gasteiger partial charge in [0.1, 0.15) is 5.82 Å². The molecule has 1 fully saturated rings. The number of rotatable bonds is 3. The summed E-state index contributed by atoms with van der Waals surface area (Å²) in [6.07, 6.45) is 2.45. The van der Waals surface area contributed by atoms with E-state index in [-0.39, 0.29) is 5.82 Å². The van der Waals surface area contributed by atoms with Gasteiger partial charge in [0, 0.05) is 11.6 Å². The molecule has 2 rings (SSSR count). The molecular weight excluding hydrogens is 251 g/mol. The molecule has 1 aromatic rings. The highest BCUT2D eigenvalue weighted by molar-refractivity contribution is 5.34. The first kappa shape index (κ1) is 15.0. The second-order valence-corrected chi connectivity index (χ2v) is 5.39. The van der Waals surface area contributed by atoms with Crippen molar-refractivity contribution in [2.75, 3.05) is 33.2 Å². The lowest BCUT2D eigenvalue weighted by Crippen LogP contribution is -2.43. The van der Waals surface area contributed by atoms with Gasteiger partial charge in [0.05, 0.1) is 6.54 Å². The van der Waals surface area contributed by atoms with Crippen LogP contribution in [0, 0.1) is 17.7 Å². The Kier molecular flexibility index (Phi) is 5.58. The van der Waals surface area contributed by atoms with Gasteiger partial charge in [0.25, 0.3) is 0 Å². The number of likely N-dealkylation sites (tertiary alicyclic amines) is 1. The van der Waals surface area contributed by atoms with Crippen molar-refractivity contribution >= 4 is 0 Å². The van der Waals surface area contributed by atoms with E-state index in [4.69, 9.17) is 0 Å². The molecule has 2 nitrogen and oxygen atoms in total. The summed E-state index contributed by atoms with van der Waals surface area (Å²) in [5.74, 6) is 6.06. The van der Waals surface area contributed by atoms with Crippen molar-refractivity contribution in [1.82, 2.24) is 9.80 Å². The Morgan fingerprint density at radius 3 is 2.50 bits per heavy atom. The van der Waals surface area contributed by atoms with Gasteiger partial charge < -0.3 is 4.90 Å². The van der Waals surface area contributed by atoms with E-state index in [1.54, 1.807) is 12.1 Å². The van der Waals surface area contributed by atoms with Crippen LogP contribution in [0.4, 0.5) is 4.39 Å². The summed E-state index contributed by atoms with van der Waals surface area (Å²) in [6, 6.07) is 6.99. The van der Waals surface area contributed by atoms with E-state index in [1.165, 1.54) is 38.1 Å². The fourth-order valence-electron chi connectivity index (χ4n) is 2.60. The number of hydrogen-bond acceptors (Lipinski definition) is 2. The Labute approximate surface area is 121 Å². The molecule has 1 aromatic carbocycles. The number of hydrogen-bond donors (Lipinski definition) is 0.